The van der Waals surface area contributed by atoms with Crippen LogP contribution in [0.2, 0.25) is 0 Å². The Morgan fingerprint density at radius 1 is 1.55 bits per heavy atom. The third-order valence-corrected chi connectivity index (χ3v) is 5.51. The molecule has 0 aliphatic rings. The zero-order valence-corrected chi connectivity index (χ0v) is 13.6. The van der Waals surface area contributed by atoms with Gasteiger partial charge in [-0.25, -0.2) is 4.98 Å². The zero-order chi connectivity index (χ0) is 14.7. The van der Waals surface area contributed by atoms with Crippen molar-refractivity contribution in [2.45, 2.75) is 15.7 Å². The molecule has 1 N–H and O–H groups in total. The van der Waals surface area contributed by atoms with Crippen molar-refractivity contribution in [1.82, 2.24) is 4.98 Å². The third kappa shape index (κ3) is 3.90. The van der Waals surface area contributed by atoms with E-state index >= 15 is 0 Å². The average molecular weight is 422 g/mol. The first-order valence-corrected chi connectivity index (χ1v) is 8.01. The Kier molecular flexibility index (Phi) is 4.94. The maximum absolute atomic E-state index is 10.7. The van der Waals surface area contributed by atoms with E-state index in [2.05, 4.69) is 4.98 Å². The number of non-ortho nitro benzene ring substituents is 1. The lowest BCUT2D eigenvalue weighted by Crippen LogP contribution is -1.99. The molecule has 0 amide bonds. The van der Waals surface area contributed by atoms with Gasteiger partial charge in [-0.2, -0.15) is 0 Å². The molecule has 2 rings (SSSR count). The standard InChI is InChI=1S/C11H7IN2O4S2/c12-8-4-7(14(17)18)1-2-9(8)20-11-13-6(5-19-11)3-10(15)16/h1-2,4-5H,3H2,(H,15,16). The van der Waals surface area contributed by atoms with Crippen LogP contribution in [0.1, 0.15) is 5.69 Å². The molecule has 0 radical (unpaired) electrons. The molecule has 0 saturated heterocycles. The molecule has 0 spiro atoms. The number of hydrogen-bond acceptors (Lipinski definition) is 6. The van der Waals surface area contributed by atoms with Gasteiger partial charge in [-0.1, -0.05) is 11.8 Å². The second kappa shape index (κ2) is 6.50. The van der Waals surface area contributed by atoms with Crippen LogP contribution in [0.5, 0.6) is 0 Å². The van der Waals surface area contributed by atoms with Crippen LogP contribution < -0.4 is 0 Å². The maximum Gasteiger partial charge on any atom is 0.309 e. The number of nitrogens with zero attached hydrogens (tertiary/aromatic N) is 2. The number of benzene rings is 1. The summed E-state index contributed by atoms with van der Waals surface area (Å²) in [5.74, 6) is -0.920. The molecule has 0 aliphatic heterocycles. The number of carboxylic acid groups (broad SMARTS) is 1. The topological polar surface area (TPSA) is 93.3 Å². The first-order valence-electron chi connectivity index (χ1n) is 5.23. The van der Waals surface area contributed by atoms with E-state index in [0.717, 1.165) is 8.47 Å². The summed E-state index contributed by atoms with van der Waals surface area (Å²) in [6.07, 6.45) is -0.103. The van der Waals surface area contributed by atoms with Crippen LogP contribution >= 0.6 is 45.7 Å². The number of hydrogen-bond donors (Lipinski definition) is 1. The average Bonchev–Trinajstić information content (AvgIpc) is 2.78. The molecular formula is C11H7IN2O4S2. The van der Waals surface area contributed by atoms with Crippen molar-refractivity contribution >= 4 is 57.3 Å². The van der Waals surface area contributed by atoms with Crippen molar-refractivity contribution in [1.29, 1.82) is 0 Å². The van der Waals surface area contributed by atoms with E-state index in [1.807, 2.05) is 22.6 Å². The Bertz CT molecular complexity index is 674. The predicted molar refractivity (Wildman–Crippen MR) is 83.4 cm³/mol. The molecule has 104 valence electrons. The molecule has 0 saturated carbocycles. The number of thiazole rings is 1. The predicted octanol–water partition coefficient (Wildman–Crippen LogP) is 3.43. The van der Waals surface area contributed by atoms with Crippen LogP contribution in [0, 0.1) is 13.7 Å². The molecule has 1 aromatic carbocycles. The van der Waals surface area contributed by atoms with Crippen LogP contribution in [0.25, 0.3) is 0 Å². The summed E-state index contributed by atoms with van der Waals surface area (Å²) < 4.78 is 1.48. The number of rotatable bonds is 5. The van der Waals surface area contributed by atoms with Crippen LogP contribution in [-0.2, 0) is 11.2 Å². The maximum atomic E-state index is 10.7. The molecular weight excluding hydrogens is 415 g/mol. The van der Waals surface area contributed by atoms with Gasteiger partial charge in [0.1, 0.15) is 0 Å². The smallest absolute Gasteiger partial charge is 0.309 e. The molecule has 0 bridgehead atoms. The van der Waals surface area contributed by atoms with E-state index in [9.17, 15) is 14.9 Å². The van der Waals surface area contributed by atoms with Crippen molar-refractivity contribution in [3.05, 3.63) is 43.0 Å². The molecule has 6 nitrogen and oxygen atoms in total. The Labute approximate surface area is 135 Å². The summed E-state index contributed by atoms with van der Waals surface area (Å²) in [5.41, 5.74) is 0.561. The lowest BCUT2D eigenvalue weighted by molar-refractivity contribution is -0.385. The van der Waals surface area contributed by atoms with Crippen molar-refractivity contribution < 1.29 is 14.8 Å². The summed E-state index contributed by atoms with van der Waals surface area (Å²) in [6, 6.07) is 4.60. The van der Waals surface area contributed by atoms with Gasteiger partial charge in [0.05, 0.1) is 17.0 Å². The highest BCUT2D eigenvalue weighted by molar-refractivity contribution is 14.1. The Morgan fingerprint density at radius 3 is 2.90 bits per heavy atom. The largest absolute Gasteiger partial charge is 0.481 e. The van der Waals surface area contributed by atoms with Gasteiger partial charge in [0.15, 0.2) is 4.34 Å². The number of nitro groups is 1. The fourth-order valence-electron chi connectivity index (χ4n) is 1.35. The van der Waals surface area contributed by atoms with Gasteiger partial charge >= 0.3 is 5.97 Å². The highest BCUT2D eigenvalue weighted by Crippen LogP contribution is 2.34. The van der Waals surface area contributed by atoms with Gasteiger partial charge in [0.25, 0.3) is 5.69 Å². The van der Waals surface area contributed by atoms with Gasteiger partial charge < -0.3 is 5.11 Å². The van der Waals surface area contributed by atoms with Gasteiger partial charge in [-0.15, -0.1) is 11.3 Å². The van der Waals surface area contributed by atoms with Gasteiger partial charge in [0.2, 0.25) is 0 Å². The van der Waals surface area contributed by atoms with E-state index in [1.165, 1.54) is 35.2 Å². The molecule has 0 fully saturated rings. The monoisotopic (exact) mass is 422 g/mol. The fraction of sp³-hybridized carbons (Fsp3) is 0.0909. The number of aliphatic carboxylic acids is 1. The lowest BCUT2D eigenvalue weighted by atomic mass is 10.3. The van der Waals surface area contributed by atoms with Crippen LogP contribution in [0.15, 0.2) is 32.8 Å². The first kappa shape index (κ1) is 15.2. The summed E-state index contributed by atoms with van der Waals surface area (Å²) in [7, 11) is 0. The molecule has 9 heteroatoms. The van der Waals surface area contributed by atoms with Gasteiger partial charge in [0, 0.05) is 26.0 Å². The summed E-state index contributed by atoms with van der Waals surface area (Å²) in [5, 5.41) is 21.0. The zero-order valence-electron chi connectivity index (χ0n) is 9.78. The lowest BCUT2D eigenvalue weighted by Gasteiger charge is -2.01. The molecule has 20 heavy (non-hydrogen) atoms. The number of carbonyl (C=O) groups is 1. The molecule has 1 aromatic heterocycles. The van der Waals surface area contributed by atoms with E-state index < -0.39 is 10.9 Å². The Balaban J connectivity index is 2.15. The minimum Gasteiger partial charge on any atom is -0.481 e. The Hall–Kier alpha value is -1.20. The Morgan fingerprint density at radius 2 is 2.30 bits per heavy atom. The summed E-state index contributed by atoms with van der Waals surface area (Å²) in [4.78, 5) is 25.9. The first-order chi connectivity index (χ1) is 9.45. The van der Waals surface area contributed by atoms with Gasteiger partial charge in [-0.3, -0.25) is 14.9 Å². The second-order valence-corrected chi connectivity index (χ2v) is 6.96. The second-order valence-electron chi connectivity index (χ2n) is 3.65. The van der Waals surface area contributed by atoms with Gasteiger partial charge in [-0.05, 0) is 28.7 Å². The third-order valence-electron chi connectivity index (χ3n) is 2.19. The number of carboxylic acids is 1. The summed E-state index contributed by atoms with van der Waals surface area (Å²) in [6.45, 7) is 0. The fourth-order valence-corrected chi connectivity index (χ4v) is 3.97. The SMILES string of the molecule is O=C(O)Cc1csc(Sc2ccc([N+](=O)[O-])cc2I)n1. The molecule has 1 heterocycles. The molecule has 0 atom stereocenters. The number of halogens is 1. The number of aromatic nitrogens is 1. The van der Waals surface area contributed by atoms with Crippen molar-refractivity contribution in [3.63, 3.8) is 0 Å². The van der Waals surface area contributed by atoms with Crippen molar-refractivity contribution in [3.8, 4) is 0 Å². The quantitative estimate of drug-likeness (QED) is 0.451. The highest BCUT2D eigenvalue weighted by Gasteiger charge is 2.12. The number of nitro benzene ring substituents is 1. The summed E-state index contributed by atoms with van der Waals surface area (Å²) >= 11 is 4.75. The molecule has 0 unspecified atom stereocenters. The van der Waals surface area contributed by atoms with Crippen LogP contribution in [0.4, 0.5) is 5.69 Å². The molecule has 0 aliphatic carbocycles. The normalized spacial score (nSPS) is 10.4. The van der Waals surface area contributed by atoms with E-state index in [0.29, 0.717) is 10.0 Å². The highest BCUT2D eigenvalue weighted by atomic mass is 127. The van der Waals surface area contributed by atoms with E-state index in [4.69, 9.17) is 5.11 Å². The van der Waals surface area contributed by atoms with Crippen LogP contribution in [0.3, 0.4) is 0 Å². The van der Waals surface area contributed by atoms with Crippen molar-refractivity contribution in [2.24, 2.45) is 0 Å². The minimum atomic E-state index is -0.920. The van der Waals surface area contributed by atoms with Crippen molar-refractivity contribution in [2.75, 3.05) is 0 Å². The minimum absolute atomic E-state index is 0.0458. The van der Waals surface area contributed by atoms with Crippen LogP contribution in [-0.4, -0.2) is 21.0 Å². The van der Waals surface area contributed by atoms with E-state index in [1.54, 1.807) is 11.4 Å². The molecule has 2 aromatic rings. The van der Waals surface area contributed by atoms with E-state index in [-0.39, 0.29) is 12.1 Å².